The van der Waals surface area contributed by atoms with E-state index in [1.165, 1.54) is 24.1 Å². The zero-order chi connectivity index (χ0) is 8.55. The summed E-state index contributed by atoms with van der Waals surface area (Å²) in [5.74, 6) is 0. The van der Waals surface area contributed by atoms with E-state index in [2.05, 4.69) is 10.2 Å². The lowest BCUT2D eigenvalue weighted by atomic mass is 9.95. The number of H-pyrrole nitrogens is 1. The maximum atomic E-state index is 9.39. The highest BCUT2D eigenvalue weighted by Crippen LogP contribution is 2.25. The molecule has 1 aliphatic carbocycles. The van der Waals surface area contributed by atoms with Crippen LogP contribution in [0.4, 0.5) is 0 Å². The molecule has 3 nitrogen and oxygen atoms in total. The minimum atomic E-state index is -0.428. The number of hydrogen-bond donors (Lipinski definition) is 2. The van der Waals surface area contributed by atoms with E-state index in [0.29, 0.717) is 0 Å². The number of nitrogens with one attached hydrogen (secondary N) is 1. The molecule has 0 amide bonds. The highest BCUT2D eigenvalue weighted by atomic mass is 16.3. The average Bonchev–Trinajstić information content (AvgIpc) is 2.47. The summed E-state index contributed by atoms with van der Waals surface area (Å²) >= 11 is 0. The second-order valence-corrected chi connectivity index (χ2v) is 3.45. The number of aryl methyl sites for hydroxylation is 1. The summed E-state index contributed by atoms with van der Waals surface area (Å²) in [7, 11) is 0. The molecular weight excluding hydrogens is 152 g/mol. The van der Waals surface area contributed by atoms with E-state index in [9.17, 15) is 5.11 Å². The third kappa shape index (κ3) is 1.14. The molecule has 0 aliphatic heterocycles. The van der Waals surface area contributed by atoms with Crippen LogP contribution in [0.2, 0.25) is 0 Å². The summed E-state index contributed by atoms with van der Waals surface area (Å²) in [6.45, 7) is 1.77. The third-order valence-corrected chi connectivity index (χ3v) is 2.48. The van der Waals surface area contributed by atoms with E-state index in [0.717, 1.165) is 18.5 Å². The van der Waals surface area contributed by atoms with Gasteiger partial charge in [0.05, 0.1) is 11.8 Å². The van der Waals surface area contributed by atoms with Crippen molar-refractivity contribution in [1.29, 1.82) is 0 Å². The predicted molar refractivity (Wildman–Crippen MR) is 45.9 cm³/mol. The Morgan fingerprint density at radius 3 is 2.92 bits per heavy atom. The van der Waals surface area contributed by atoms with Crippen LogP contribution in [0.15, 0.2) is 0 Å². The summed E-state index contributed by atoms with van der Waals surface area (Å²) in [4.78, 5) is 0. The van der Waals surface area contributed by atoms with Crippen LogP contribution in [0, 0.1) is 0 Å². The molecule has 1 heterocycles. The van der Waals surface area contributed by atoms with Crippen molar-refractivity contribution in [3.05, 3.63) is 17.0 Å². The number of rotatable bonds is 1. The molecule has 0 bridgehead atoms. The molecule has 1 aromatic rings. The van der Waals surface area contributed by atoms with E-state index < -0.39 is 6.10 Å². The molecule has 0 saturated carbocycles. The van der Waals surface area contributed by atoms with Gasteiger partial charge < -0.3 is 5.11 Å². The average molecular weight is 166 g/mol. The Kier molecular flexibility index (Phi) is 1.89. The van der Waals surface area contributed by atoms with Crippen LogP contribution in [0.25, 0.3) is 0 Å². The molecule has 2 N–H and O–H groups in total. The second kappa shape index (κ2) is 2.90. The van der Waals surface area contributed by atoms with Gasteiger partial charge >= 0.3 is 0 Å². The van der Waals surface area contributed by atoms with Gasteiger partial charge in [-0.1, -0.05) is 0 Å². The molecule has 1 aromatic heterocycles. The lowest BCUT2D eigenvalue weighted by molar-refractivity contribution is 0.193. The van der Waals surface area contributed by atoms with E-state index in [-0.39, 0.29) is 0 Å². The normalized spacial score (nSPS) is 18.8. The van der Waals surface area contributed by atoms with Gasteiger partial charge in [0, 0.05) is 5.69 Å². The number of aliphatic hydroxyl groups is 1. The number of aromatic nitrogens is 2. The van der Waals surface area contributed by atoms with Gasteiger partial charge in [-0.25, -0.2) is 0 Å². The van der Waals surface area contributed by atoms with Gasteiger partial charge in [-0.05, 0) is 38.2 Å². The van der Waals surface area contributed by atoms with Crippen molar-refractivity contribution in [2.45, 2.75) is 38.7 Å². The summed E-state index contributed by atoms with van der Waals surface area (Å²) in [6.07, 6.45) is 4.21. The molecule has 66 valence electrons. The smallest absolute Gasteiger partial charge is 0.0953 e. The van der Waals surface area contributed by atoms with Crippen molar-refractivity contribution in [1.82, 2.24) is 10.2 Å². The zero-order valence-electron chi connectivity index (χ0n) is 7.30. The zero-order valence-corrected chi connectivity index (χ0v) is 7.30. The Bertz CT molecular complexity index is 278. The standard InChI is InChI=1S/C9H14N2O/c1-6(12)9-7-4-2-3-5-8(7)10-11-9/h6,12H,2-5H2,1H3,(H,10,11)/t6-/m1/s1. The molecule has 0 saturated heterocycles. The summed E-state index contributed by atoms with van der Waals surface area (Å²) in [5, 5.41) is 16.5. The Hall–Kier alpha value is -0.830. The number of fused-ring (bicyclic) bond motifs is 1. The number of aromatic amines is 1. The first kappa shape index (κ1) is 7.80. The lowest BCUT2D eigenvalue weighted by Gasteiger charge is -2.11. The van der Waals surface area contributed by atoms with Gasteiger partial charge in [-0.2, -0.15) is 5.10 Å². The van der Waals surface area contributed by atoms with Gasteiger partial charge in [0.1, 0.15) is 0 Å². The molecule has 2 rings (SSSR count). The van der Waals surface area contributed by atoms with Crippen LogP contribution >= 0.6 is 0 Å². The van der Waals surface area contributed by atoms with Crippen LogP contribution in [0.3, 0.4) is 0 Å². The first-order valence-electron chi connectivity index (χ1n) is 4.53. The SMILES string of the molecule is C[C@@H](O)c1n[nH]c2c1CCCC2. The maximum absolute atomic E-state index is 9.39. The Balaban J connectivity index is 2.38. The summed E-state index contributed by atoms with van der Waals surface area (Å²) in [6, 6.07) is 0. The fraction of sp³-hybridized carbons (Fsp3) is 0.667. The summed E-state index contributed by atoms with van der Waals surface area (Å²) < 4.78 is 0. The minimum absolute atomic E-state index is 0.428. The largest absolute Gasteiger partial charge is 0.387 e. The second-order valence-electron chi connectivity index (χ2n) is 3.45. The topological polar surface area (TPSA) is 48.9 Å². The molecule has 12 heavy (non-hydrogen) atoms. The Morgan fingerprint density at radius 1 is 1.42 bits per heavy atom. The molecule has 1 atom stereocenters. The van der Waals surface area contributed by atoms with Gasteiger partial charge in [-0.15, -0.1) is 0 Å². The van der Waals surface area contributed by atoms with E-state index in [1.54, 1.807) is 6.92 Å². The van der Waals surface area contributed by atoms with Crippen molar-refractivity contribution >= 4 is 0 Å². The lowest BCUT2D eigenvalue weighted by Crippen LogP contribution is -2.04. The fourth-order valence-corrected chi connectivity index (χ4v) is 1.85. The van der Waals surface area contributed by atoms with Crippen LogP contribution in [-0.2, 0) is 12.8 Å². The Morgan fingerprint density at radius 2 is 2.17 bits per heavy atom. The molecule has 1 aliphatic rings. The highest BCUT2D eigenvalue weighted by Gasteiger charge is 2.18. The molecule has 0 fully saturated rings. The molecule has 0 spiro atoms. The van der Waals surface area contributed by atoms with E-state index in [1.807, 2.05) is 0 Å². The van der Waals surface area contributed by atoms with Gasteiger partial charge in [0.25, 0.3) is 0 Å². The van der Waals surface area contributed by atoms with Gasteiger partial charge in [-0.3, -0.25) is 5.10 Å². The first-order chi connectivity index (χ1) is 5.79. The van der Waals surface area contributed by atoms with Crippen molar-refractivity contribution in [3.8, 4) is 0 Å². The molecular formula is C9H14N2O. The Labute approximate surface area is 71.8 Å². The van der Waals surface area contributed by atoms with Crippen molar-refractivity contribution < 1.29 is 5.11 Å². The predicted octanol–water partition coefficient (Wildman–Crippen LogP) is 1.34. The van der Waals surface area contributed by atoms with Crippen molar-refractivity contribution in [2.75, 3.05) is 0 Å². The number of hydrogen-bond acceptors (Lipinski definition) is 2. The first-order valence-corrected chi connectivity index (χ1v) is 4.53. The molecule has 3 heteroatoms. The van der Waals surface area contributed by atoms with Crippen LogP contribution in [-0.4, -0.2) is 15.3 Å². The van der Waals surface area contributed by atoms with Crippen LogP contribution in [0.5, 0.6) is 0 Å². The minimum Gasteiger partial charge on any atom is -0.387 e. The molecule has 0 aromatic carbocycles. The van der Waals surface area contributed by atoms with Crippen molar-refractivity contribution in [3.63, 3.8) is 0 Å². The van der Waals surface area contributed by atoms with E-state index in [4.69, 9.17) is 0 Å². The molecule has 0 radical (unpaired) electrons. The quantitative estimate of drug-likeness (QED) is 0.661. The summed E-state index contributed by atoms with van der Waals surface area (Å²) in [5.41, 5.74) is 3.35. The monoisotopic (exact) mass is 166 g/mol. The van der Waals surface area contributed by atoms with Crippen LogP contribution < -0.4 is 0 Å². The van der Waals surface area contributed by atoms with Crippen molar-refractivity contribution in [2.24, 2.45) is 0 Å². The third-order valence-electron chi connectivity index (χ3n) is 2.48. The van der Waals surface area contributed by atoms with Gasteiger partial charge in [0.15, 0.2) is 0 Å². The van der Waals surface area contributed by atoms with E-state index >= 15 is 0 Å². The number of nitrogens with zero attached hydrogens (tertiary/aromatic N) is 1. The van der Waals surface area contributed by atoms with Crippen LogP contribution in [0.1, 0.15) is 42.8 Å². The maximum Gasteiger partial charge on any atom is 0.0953 e. The number of aliphatic hydroxyl groups excluding tert-OH is 1. The van der Waals surface area contributed by atoms with Gasteiger partial charge in [0.2, 0.25) is 0 Å². The molecule has 0 unspecified atom stereocenters. The fourth-order valence-electron chi connectivity index (χ4n) is 1.85. The highest BCUT2D eigenvalue weighted by molar-refractivity contribution is 5.28.